The number of carbonyl (C=O) groups excluding carboxylic acids is 1. The summed E-state index contributed by atoms with van der Waals surface area (Å²) in [6.07, 6.45) is -0.515. The summed E-state index contributed by atoms with van der Waals surface area (Å²) in [6, 6.07) is 12.3. The van der Waals surface area contributed by atoms with Crippen LogP contribution >= 0.6 is 0 Å². The number of carbonyl (C=O) groups is 1. The molecule has 1 aromatic carbocycles. The van der Waals surface area contributed by atoms with Crippen LogP contribution in [-0.4, -0.2) is 37.2 Å². The van der Waals surface area contributed by atoms with Crippen LogP contribution in [-0.2, 0) is 26.0 Å². The molecule has 0 aliphatic heterocycles. The molecule has 0 saturated heterocycles. The minimum absolute atomic E-state index is 0.163. The average Bonchev–Trinajstić information content (AvgIpc) is 3.05. The molecule has 0 aliphatic rings. The Balaban J connectivity index is 1.92. The van der Waals surface area contributed by atoms with Crippen molar-refractivity contribution in [2.75, 3.05) is 20.8 Å². The maximum atomic E-state index is 12.2. The highest BCUT2D eigenvalue weighted by atomic mass is 32.2. The van der Waals surface area contributed by atoms with E-state index in [0.29, 0.717) is 5.76 Å². The molecule has 0 saturated carbocycles. The molecule has 1 amide bonds. The van der Waals surface area contributed by atoms with Crippen LogP contribution in [0.15, 0.2) is 51.8 Å². The molecule has 124 valence electrons. The van der Waals surface area contributed by atoms with Crippen molar-refractivity contribution in [1.82, 2.24) is 5.32 Å². The number of rotatable bonds is 8. The van der Waals surface area contributed by atoms with E-state index in [2.05, 4.69) is 5.32 Å². The average molecular weight is 337 g/mol. The fraction of sp³-hybridized carbons (Fsp3) is 0.312. The molecule has 7 heteroatoms. The van der Waals surface area contributed by atoms with Gasteiger partial charge >= 0.3 is 0 Å². The third kappa shape index (κ3) is 5.02. The molecule has 6 nitrogen and oxygen atoms in total. The van der Waals surface area contributed by atoms with Crippen LogP contribution in [0.5, 0.6) is 0 Å². The highest BCUT2D eigenvalue weighted by molar-refractivity contribution is 7.84. The molecule has 1 N–H and O–H groups in total. The van der Waals surface area contributed by atoms with Gasteiger partial charge in [0.15, 0.2) is 12.1 Å². The van der Waals surface area contributed by atoms with Crippen molar-refractivity contribution in [3.63, 3.8) is 0 Å². The molecule has 0 aliphatic carbocycles. The summed E-state index contributed by atoms with van der Waals surface area (Å²) in [5.41, 5.74) is 0. The molecule has 1 heterocycles. The second-order valence-electron chi connectivity index (χ2n) is 4.68. The van der Waals surface area contributed by atoms with E-state index in [9.17, 15) is 9.00 Å². The summed E-state index contributed by atoms with van der Waals surface area (Å²) in [4.78, 5) is 12.7. The van der Waals surface area contributed by atoms with E-state index in [0.717, 1.165) is 4.90 Å². The van der Waals surface area contributed by atoms with E-state index in [1.54, 1.807) is 24.3 Å². The lowest BCUT2D eigenvalue weighted by atomic mass is 10.4. The Labute approximate surface area is 137 Å². The number of hydrogen-bond acceptors (Lipinski definition) is 5. The van der Waals surface area contributed by atoms with Gasteiger partial charge in [-0.05, 0) is 24.3 Å². The molecule has 0 fully saturated rings. The fourth-order valence-corrected chi connectivity index (χ4v) is 2.93. The summed E-state index contributed by atoms with van der Waals surface area (Å²) in [5.74, 6) is 0.500. The Morgan fingerprint density at radius 2 is 1.87 bits per heavy atom. The first-order chi connectivity index (χ1) is 11.1. The van der Waals surface area contributed by atoms with Gasteiger partial charge < -0.3 is 19.2 Å². The molecule has 1 aromatic heterocycles. The minimum atomic E-state index is -1.21. The number of hydrogen-bond donors (Lipinski definition) is 1. The number of nitrogens with one attached hydrogen (secondary N) is 1. The van der Waals surface area contributed by atoms with Crippen LogP contribution in [0, 0.1) is 0 Å². The zero-order valence-corrected chi connectivity index (χ0v) is 13.8. The van der Waals surface area contributed by atoms with Gasteiger partial charge in [-0.15, -0.1) is 0 Å². The van der Waals surface area contributed by atoms with Gasteiger partial charge in [0.1, 0.15) is 5.76 Å². The second kappa shape index (κ2) is 8.61. The van der Waals surface area contributed by atoms with Crippen molar-refractivity contribution in [2.45, 2.75) is 16.9 Å². The van der Waals surface area contributed by atoms with Crippen molar-refractivity contribution in [3.8, 4) is 0 Å². The van der Waals surface area contributed by atoms with Crippen LogP contribution in [0.4, 0.5) is 0 Å². The number of furan rings is 1. The predicted octanol–water partition coefficient (Wildman–Crippen LogP) is 1.94. The van der Waals surface area contributed by atoms with Crippen molar-refractivity contribution in [2.24, 2.45) is 0 Å². The fourth-order valence-electron chi connectivity index (χ4n) is 1.89. The Morgan fingerprint density at radius 3 is 2.52 bits per heavy atom. The minimum Gasteiger partial charge on any atom is -0.455 e. The van der Waals surface area contributed by atoms with Gasteiger partial charge in [0.05, 0.1) is 23.1 Å². The summed E-state index contributed by atoms with van der Waals surface area (Å²) >= 11 is 0. The van der Waals surface area contributed by atoms with E-state index in [-0.39, 0.29) is 24.0 Å². The molecular formula is C16H19NO5S. The molecule has 0 radical (unpaired) electrons. The van der Waals surface area contributed by atoms with E-state index < -0.39 is 17.1 Å². The van der Waals surface area contributed by atoms with Crippen molar-refractivity contribution < 1.29 is 22.9 Å². The molecule has 0 spiro atoms. The summed E-state index contributed by atoms with van der Waals surface area (Å²) in [7, 11) is 1.77. The molecule has 1 atom stereocenters. The third-order valence-corrected chi connectivity index (χ3v) is 4.46. The molecule has 2 aromatic rings. The first kappa shape index (κ1) is 17.4. The van der Waals surface area contributed by atoms with E-state index in [4.69, 9.17) is 13.9 Å². The summed E-state index contributed by atoms with van der Waals surface area (Å²) in [5, 5.41) is 2.64. The monoisotopic (exact) mass is 337 g/mol. The third-order valence-electron chi connectivity index (χ3n) is 3.12. The Morgan fingerprint density at radius 1 is 1.17 bits per heavy atom. The normalized spacial score (nSPS) is 12.3. The van der Waals surface area contributed by atoms with Crippen molar-refractivity contribution in [1.29, 1.82) is 0 Å². The van der Waals surface area contributed by atoms with E-state index in [1.807, 2.05) is 18.2 Å². The number of amides is 1. The predicted molar refractivity (Wildman–Crippen MR) is 85.4 cm³/mol. The Bertz CT molecular complexity index is 652. The van der Waals surface area contributed by atoms with Gasteiger partial charge in [-0.25, -0.2) is 0 Å². The lowest BCUT2D eigenvalue weighted by Gasteiger charge is -2.13. The van der Waals surface area contributed by atoms with Gasteiger partial charge in [-0.3, -0.25) is 9.00 Å². The summed E-state index contributed by atoms with van der Waals surface area (Å²) < 4.78 is 27.6. The second-order valence-corrected chi connectivity index (χ2v) is 6.13. The standard InChI is InChI=1S/C16H19NO5S/c1-20-15(21-2)10-17-16(18)14-9-8-12(22-14)11-23(19)13-6-4-3-5-7-13/h3-9,15H,10-11H2,1-2H3,(H,17,18)/t23-/m1/s1. The van der Waals surface area contributed by atoms with Gasteiger partial charge in [0.2, 0.25) is 0 Å². The topological polar surface area (TPSA) is 77.8 Å². The smallest absolute Gasteiger partial charge is 0.287 e. The van der Waals surface area contributed by atoms with Crippen molar-refractivity contribution >= 4 is 16.7 Å². The Hall–Kier alpha value is -1.96. The van der Waals surface area contributed by atoms with Gasteiger partial charge in [0.25, 0.3) is 5.91 Å². The Kier molecular flexibility index (Phi) is 6.52. The number of ether oxygens (including phenoxy) is 2. The largest absolute Gasteiger partial charge is 0.455 e. The van der Waals surface area contributed by atoms with Crippen LogP contribution in [0.25, 0.3) is 0 Å². The van der Waals surface area contributed by atoms with Crippen molar-refractivity contribution in [3.05, 3.63) is 54.0 Å². The van der Waals surface area contributed by atoms with Crippen LogP contribution in [0.2, 0.25) is 0 Å². The van der Waals surface area contributed by atoms with E-state index in [1.165, 1.54) is 14.2 Å². The summed E-state index contributed by atoms with van der Waals surface area (Å²) in [6.45, 7) is 0.206. The number of methoxy groups -OCH3 is 2. The molecule has 23 heavy (non-hydrogen) atoms. The molecule has 0 unspecified atom stereocenters. The maximum Gasteiger partial charge on any atom is 0.287 e. The van der Waals surface area contributed by atoms with Crippen LogP contribution in [0.3, 0.4) is 0 Å². The van der Waals surface area contributed by atoms with Crippen LogP contribution < -0.4 is 5.32 Å². The zero-order chi connectivity index (χ0) is 16.7. The maximum absolute atomic E-state index is 12.2. The zero-order valence-electron chi connectivity index (χ0n) is 13.0. The quantitative estimate of drug-likeness (QED) is 0.745. The molecule has 2 rings (SSSR count). The van der Waals surface area contributed by atoms with Gasteiger partial charge in [-0.1, -0.05) is 18.2 Å². The van der Waals surface area contributed by atoms with Gasteiger partial charge in [0, 0.05) is 19.1 Å². The van der Waals surface area contributed by atoms with Crippen LogP contribution in [0.1, 0.15) is 16.3 Å². The molecule has 0 bridgehead atoms. The molecular weight excluding hydrogens is 318 g/mol. The highest BCUT2D eigenvalue weighted by Gasteiger charge is 2.15. The lowest BCUT2D eigenvalue weighted by molar-refractivity contribution is -0.0975. The first-order valence-electron chi connectivity index (χ1n) is 7.00. The van der Waals surface area contributed by atoms with E-state index >= 15 is 0 Å². The number of benzene rings is 1. The van der Waals surface area contributed by atoms with Gasteiger partial charge in [-0.2, -0.15) is 0 Å². The first-order valence-corrected chi connectivity index (χ1v) is 8.32. The highest BCUT2D eigenvalue weighted by Crippen LogP contribution is 2.15. The SMILES string of the molecule is COC(CNC(=O)c1ccc(C[S@@](=O)c2ccccc2)o1)OC. The lowest BCUT2D eigenvalue weighted by Crippen LogP contribution is -2.33.